The molecule has 0 aliphatic heterocycles. The minimum absolute atomic E-state index is 0.0870. The molecule has 7 aromatic carbocycles. The van der Waals surface area contributed by atoms with E-state index in [4.69, 9.17) is 60.9 Å². The molecule has 0 atom stereocenters. The van der Waals surface area contributed by atoms with E-state index < -0.39 is 10.8 Å². The lowest BCUT2D eigenvalue weighted by molar-refractivity contribution is 0.371. The van der Waals surface area contributed by atoms with Gasteiger partial charge in [0.1, 0.15) is 24.7 Å². The fourth-order valence-corrected chi connectivity index (χ4v) is 12.2. The number of benzene rings is 7. The van der Waals surface area contributed by atoms with Gasteiger partial charge in [-0.05, 0) is 104 Å². The summed E-state index contributed by atoms with van der Waals surface area (Å²) in [6.07, 6.45) is 51.1. The van der Waals surface area contributed by atoms with Gasteiger partial charge in [0.25, 0.3) is 0 Å². The Morgan fingerprint density at radius 1 is 0.389 bits per heavy atom. The Hall–Kier alpha value is -9.78. The average Bonchev–Trinajstić information content (AvgIpc) is 4.07. The Kier molecular flexibility index (Phi) is 10.9. The molecule has 2 heterocycles. The largest absolute Gasteiger partial charge is 0.481 e. The molecule has 0 N–H and O–H groups in total. The van der Waals surface area contributed by atoms with Crippen molar-refractivity contribution in [3.63, 3.8) is 0 Å². The van der Waals surface area contributed by atoms with Gasteiger partial charge in [-0.3, -0.25) is 0 Å². The molecule has 0 saturated carbocycles. The molecule has 0 saturated heterocycles. The number of hydrogen-bond acceptors (Lipinski definition) is 2. The first-order valence-electron chi connectivity index (χ1n) is 23.7. The summed E-state index contributed by atoms with van der Waals surface area (Å²) in [7, 11) is 0. The van der Waals surface area contributed by atoms with Crippen LogP contribution >= 0.6 is 0 Å². The van der Waals surface area contributed by atoms with E-state index >= 15 is 0 Å². The molecule has 4 nitrogen and oxygen atoms in total. The van der Waals surface area contributed by atoms with E-state index in [1.807, 2.05) is 12.1 Å². The van der Waals surface area contributed by atoms with Crippen LogP contribution in [0, 0.1) is 98.8 Å². The summed E-state index contributed by atoms with van der Waals surface area (Å²) in [5.74, 6) is 24.6. The summed E-state index contributed by atoms with van der Waals surface area (Å²) < 4.78 is 16.9. The van der Waals surface area contributed by atoms with E-state index in [2.05, 4.69) is 166 Å². The Labute approximate surface area is 421 Å². The maximum atomic E-state index is 6.42. The van der Waals surface area contributed by atoms with Gasteiger partial charge in [0.2, 0.25) is 0 Å². The highest BCUT2D eigenvalue weighted by Gasteiger charge is 2.44. The van der Waals surface area contributed by atoms with Crippen LogP contribution in [0.15, 0.2) is 121 Å². The number of nitrogens with zero attached hydrogens (tertiary/aromatic N) is 2. The minimum atomic E-state index is -0.642. The Bertz CT molecular complexity index is 3860. The molecule has 2 aliphatic rings. The Morgan fingerprint density at radius 2 is 0.778 bits per heavy atom. The highest BCUT2D eigenvalue weighted by Crippen LogP contribution is 2.58. The fraction of sp³-hybridized carbons (Fsp3) is 0.147. The molecule has 11 rings (SSSR count). The SMILES string of the molecule is C#CCOc1ccc2c(c1)c1c(-c3ccc4c(c3)C(CC#C)(CC#C)c3ccccc3-4)c3c(c(-c4ccc5c(c4)C(CC#C)(CC#C)c4ccccc4-5)c1n2CC#C)c1cc(OCC#C)ccc1n3CC#C. The summed E-state index contributed by atoms with van der Waals surface area (Å²) in [5.41, 5.74) is 14.9. The van der Waals surface area contributed by atoms with Gasteiger partial charge >= 0.3 is 0 Å². The molecule has 0 amide bonds. The lowest BCUT2D eigenvalue weighted by Gasteiger charge is -2.29. The summed E-state index contributed by atoms with van der Waals surface area (Å²) in [4.78, 5) is 0. The summed E-state index contributed by atoms with van der Waals surface area (Å²) in [6, 6.07) is 42.4. The lowest BCUT2D eigenvalue weighted by atomic mass is 9.72. The van der Waals surface area contributed by atoms with Crippen molar-refractivity contribution in [1.29, 1.82) is 0 Å². The molecular weight excluding hydrogens is 877 g/mol. The van der Waals surface area contributed by atoms with E-state index in [-0.39, 0.29) is 26.3 Å². The second kappa shape index (κ2) is 17.6. The second-order valence-electron chi connectivity index (χ2n) is 18.4. The molecule has 0 spiro atoms. The first-order chi connectivity index (χ1) is 35.4. The predicted octanol–water partition coefficient (Wildman–Crippen LogP) is 13.2. The van der Waals surface area contributed by atoms with E-state index in [1.54, 1.807) is 0 Å². The minimum Gasteiger partial charge on any atom is -0.481 e. The smallest absolute Gasteiger partial charge is 0.148 e. The number of rotatable bonds is 12. The van der Waals surface area contributed by atoms with Crippen LogP contribution in [0.4, 0.5) is 0 Å². The van der Waals surface area contributed by atoms with Crippen molar-refractivity contribution in [1.82, 2.24) is 9.13 Å². The van der Waals surface area contributed by atoms with Crippen molar-refractivity contribution in [3.05, 3.63) is 144 Å². The van der Waals surface area contributed by atoms with Crippen LogP contribution in [-0.4, -0.2) is 22.3 Å². The number of fused-ring (bicyclic) bond motifs is 12. The molecule has 2 aliphatic carbocycles. The monoisotopic (exact) mass is 920 g/mol. The van der Waals surface area contributed by atoms with Crippen molar-refractivity contribution in [2.45, 2.75) is 49.6 Å². The van der Waals surface area contributed by atoms with Crippen LogP contribution in [-0.2, 0) is 23.9 Å². The van der Waals surface area contributed by atoms with Gasteiger partial charge in [-0.25, -0.2) is 0 Å². The standard InChI is InChI=1S/C68H44N2O2/c1-9-33-67(34-10-2)55-23-19-17-21-49(55)51-29-25-45(41-57(51)67)61-63-53-43-47(71-39-15-7)27-31-59(53)70(38-14-6)66(63)62(64-54-44-48(72-40-16-8)28-32-60(54)69(37-13-5)65(61)64)46-26-30-52-50-22-18-20-24-56(50)68(35-11-3,36-12-4)58(52)42-46/h1-8,17-32,41-44H,33-40H2. The highest BCUT2D eigenvalue weighted by molar-refractivity contribution is 6.33. The van der Waals surface area contributed by atoms with Gasteiger partial charge in [0.05, 0.1) is 35.2 Å². The molecular formula is C68H44N2O2. The third-order valence-corrected chi connectivity index (χ3v) is 14.9. The van der Waals surface area contributed by atoms with Crippen molar-refractivity contribution in [2.24, 2.45) is 0 Å². The fourth-order valence-electron chi connectivity index (χ4n) is 12.2. The molecule has 0 bridgehead atoms. The Balaban J connectivity index is 1.38. The highest BCUT2D eigenvalue weighted by atomic mass is 16.5. The summed E-state index contributed by atoms with van der Waals surface area (Å²) >= 11 is 0. The molecule has 9 aromatic rings. The van der Waals surface area contributed by atoms with E-state index in [9.17, 15) is 0 Å². The van der Waals surface area contributed by atoms with Gasteiger partial charge in [0, 0.05) is 69.2 Å². The van der Waals surface area contributed by atoms with E-state index in [0.29, 0.717) is 37.2 Å². The van der Waals surface area contributed by atoms with Crippen molar-refractivity contribution in [3.8, 4) is 155 Å². The number of aromatic nitrogens is 2. The van der Waals surface area contributed by atoms with Crippen molar-refractivity contribution in [2.75, 3.05) is 13.2 Å². The van der Waals surface area contributed by atoms with Crippen LogP contribution < -0.4 is 9.47 Å². The zero-order valence-corrected chi connectivity index (χ0v) is 39.5. The van der Waals surface area contributed by atoms with Crippen LogP contribution in [0.1, 0.15) is 47.9 Å². The second-order valence-corrected chi connectivity index (χ2v) is 18.4. The van der Waals surface area contributed by atoms with Gasteiger partial charge in [-0.1, -0.05) is 96.5 Å². The van der Waals surface area contributed by atoms with Crippen LogP contribution in [0.5, 0.6) is 11.5 Å². The molecule has 0 radical (unpaired) electrons. The van der Waals surface area contributed by atoms with Crippen LogP contribution in [0.3, 0.4) is 0 Å². The van der Waals surface area contributed by atoms with Crippen LogP contribution in [0.25, 0.3) is 88.1 Å². The van der Waals surface area contributed by atoms with Gasteiger partial charge < -0.3 is 18.6 Å². The number of terminal acetylenes is 8. The number of ether oxygens (including phenoxy) is 2. The first kappa shape index (κ1) is 44.7. The third kappa shape index (κ3) is 6.36. The normalized spacial score (nSPS) is 13.0. The molecule has 0 fully saturated rings. The molecule has 0 unspecified atom stereocenters. The van der Waals surface area contributed by atoms with Crippen molar-refractivity contribution < 1.29 is 9.47 Å². The molecule has 338 valence electrons. The molecule has 4 heteroatoms. The van der Waals surface area contributed by atoms with E-state index in [1.165, 1.54) is 0 Å². The maximum absolute atomic E-state index is 6.42. The molecule has 72 heavy (non-hydrogen) atoms. The first-order valence-corrected chi connectivity index (χ1v) is 23.7. The van der Waals surface area contributed by atoms with Gasteiger partial charge in [0.15, 0.2) is 0 Å². The number of hydrogen-bond donors (Lipinski definition) is 0. The average molecular weight is 921 g/mol. The molecule has 2 aromatic heterocycles. The van der Waals surface area contributed by atoms with Gasteiger partial charge in [-0.2, -0.15) is 0 Å². The zero-order valence-electron chi connectivity index (χ0n) is 39.5. The van der Waals surface area contributed by atoms with Crippen LogP contribution in [0.2, 0.25) is 0 Å². The van der Waals surface area contributed by atoms with Crippen molar-refractivity contribution >= 4 is 43.6 Å². The quantitative estimate of drug-likeness (QED) is 0.114. The Morgan fingerprint density at radius 3 is 1.15 bits per heavy atom. The summed E-state index contributed by atoms with van der Waals surface area (Å²) in [6.45, 7) is 0.653. The predicted molar refractivity (Wildman–Crippen MR) is 296 cm³/mol. The third-order valence-electron chi connectivity index (χ3n) is 14.9. The zero-order chi connectivity index (χ0) is 49.7. The lowest BCUT2D eigenvalue weighted by Crippen LogP contribution is -2.24. The topological polar surface area (TPSA) is 28.3 Å². The summed E-state index contributed by atoms with van der Waals surface area (Å²) in [5, 5.41) is 3.70. The van der Waals surface area contributed by atoms with Gasteiger partial charge in [-0.15, -0.1) is 75.1 Å². The maximum Gasteiger partial charge on any atom is 0.148 e. The van der Waals surface area contributed by atoms with E-state index in [0.717, 1.165) is 110 Å².